The van der Waals surface area contributed by atoms with Crippen molar-refractivity contribution in [3.8, 4) is 0 Å². The molecule has 1 aromatic carbocycles. The number of carbonyl (C=O) groups excluding carboxylic acids is 2. The van der Waals surface area contributed by atoms with Crippen molar-refractivity contribution in [3.05, 3.63) is 29.8 Å². The van der Waals surface area contributed by atoms with Gasteiger partial charge in [0.15, 0.2) is 12.4 Å². The average molecular weight is 351 g/mol. The SMILES string of the molecule is NC(=O)COC(=O)[C@H]1CCCN(C2=NS(=O)(=O)c3ccccc32)C1. The lowest BCUT2D eigenvalue weighted by Gasteiger charge is -2.32. The first-order valence-corrected chi connectivity index (χ1v) is 8.97. The Balaban J connectivity index is 1.79. The fraction of sp³-hybridized carbons (Fsp3) is 0.400. The molecule has 3 rings (SSSR count). The van der Waals surface area contributed by atoms with Crippen molar-refractivity contribution in [2.75, 3.05) is 19.7 Å². The highest BCUT2D eigenvalue weighted by atomic mass is 32.2. The largest absolute Gasteiger partial charge is 0.455 e. The van der Waals surface area contributed by atoms with Gasteiger partial charge in [-0.05, 0) is 25.0 Å². The van der Waals surface area contributed by atoms with Crippen molar-refractivity contribution in [3.63, 3.8) is 0 Å². The highest BCUT2D eigenvalue weighted by Crippen LogP contribution is 2.29. The fourth-order valence-corrected chi connectivity index (χ4v) is 4.17. The van der Waals surface area contributed by atoms with E-state index in [1.807, 2.05) is 0 Å². The monoisotopic (exact) mass is 351 g/mol. The first-order chi connectivity index (χ1) is 11.4. The number of esters is 1. The summed E-state index contributed by atoms with van der Waals surface area (Å²) in [7, 11) is -3.69. The van der Waals surface area contributed by atoms with Crippen LogP contribution in [0.3, 0.4) is 0 Å². The van der Waals surface area contributed by atoms with Crippen molar-refractivity contribution >= 4 is 27.7 Å². The summed E-state index contributed by atoms with van der Waals surface area (Å²) in [6, 6.07) is 6.62. The van der Waals surface area contributed by atoms with Crippen LogP contribution >= 0.6 is 0 Å². The van der Waals surface area contributed by atoms with Gasteiger partial charge in [0.25, 0.3) is 15.9 Å². The van der Waals surface area contributed by atoms with Crippen LogP contribution in [0.5, 0.6) is 0 Å². The number of piperidine rings is 1. The number of benzene rings is 1. The molecule has 0 unspecified atom stereocenters. The molecule has 9 heteroatoms. The normalized spacial score (nSPS) is 21.8. The molecular weight excluding hydrogens is 334 g/mol. The van der Waals surface area contributed by atoms with Crippen LogP contribution in [0.4, 0.5) is 0 Å². The van der Waals surface area contributed by atoms with Crippen molar-refractivity contribution in [2.45, 2.75) is 17.7 Å². The van der Waals surface area contributed by atoms with Gasteiger partial charge in [-0.15, -0.1) is 4.40 Å². The lowest BCUT2D eigenvalue weighted by atomic mass is 9.97. The van der Waals surface area contributed by atoms with Crippen LogP contribution in [0.15, 0.2) is 33.6 Å². The summed E-state index contributed by atoms with van der Waals surface area (Å²) in [5.41, 5.74) is 5.51. The Bertz CT molecular complexity index is 818. The number of ether oxygens (including phenoxy) is 1. The number of rotatable bonds is 3. The second-order valence-corrected chi connectivity index (χ2v) is 7.32. The van der Waals surface area contributed by atoms with Crippen molar-refractivity contribution in [1.29, 1.82) is 0 Å². The van der Waals surface area contributed by atoms with E-state index in [0.717, 1.165) is 0 Å². The number of carbonyl (C=O) groups is 2. The Hall–Kier alpha value is -2.42. The van der Waals surface area contributed by atoms with E-state index in [9.17, 15) is 18.0 Å². The minimum absolute atomic E-state index is 0.179. The standard InChI is InChI=1S/C15H17N3O5S/c16-13(19)9-23-15(20)10-4-3-7-18(8-10)14-11-5-1-2-6-12(11)24(21,22)17-14/h1-2,5-6,10H,3-4,7-9H2,(H2,16,19)/t10-/m0/s1. The van der Waals surface area contributed by atoms with Crippen LogP contribution in [0.1, 0.15) is 18.4 Å². The molecule has 128 valence electrons. The number of hydrogen-bond acceptors (Lipinski definition) is 6. The number of hydrogen-bond donors (Lipinski definition) is 1. The quantitative estimate of drug-likeness (QED) is 0.758. The Morgan fingerprint density at radius 1 is 1.33 bits per heavy atom. The van der Waals surface area contributed by atoms with Gasteiger partial charge in [0.2, 0.25) is 0 Å². The molecule has 0 radical (unpaired) electrons. The van der Waals surface area contributed by atoms with Gasteiger partial charge in [-0.25, -0.2) is 0 Å². The third kappa shape index (κ3) is 3.12. The maximum absolute atomic E-state index is 12.1. The van der Waals surface area contributed by atoms with Gasteiger partial charge < -0.3 is 15.4 Å². The zero-order valence-corrected chi connectivity index (χ0v) is 13.7. The van der Waals surface area contributed by atoms with Crippen molar-refractivity contribution in [2.24, 2.45) is 16.0 Å². The van der Waals surface area contributed by atoms with Gasteiger partial charge in [0.1, 0.15) is 4.90 Å². The van der Waals surface area contributed by atoms with E-state index in [4.69, 9.17) is 10.5 Å². The second-order valence-electron chi connectivity index (χ2n) is 5.75. The van der Waals surface area contributed by atoms with Crippen molar-refractivity contribution < 1.29 is 22.7 Å². The van der Waals surface area contributed by atoms with Gasteiger partial charge in [-0.2, -0.15) is 8.42 Å². The molecule has 0 bridgehead atoms. The smallest absolute Gasteiger partial charge is 0.311 e. The molecule has 2 heterocycles. The van der Waals surface area contributed by atoms with E-state index < -0.39 is 34.4 Å². The third-order valence-corrected chi connectivity index (χ3v) is 5.35. The Morgan fingerprint density at radius 3 is 2.83 bits per heavy atom. The summed E-state index contributed by atoms with van der Waals surface area (Å²) in [5.74, 6) is -1.31. The fourth-order valence-electron chi connectivity index (χ4n) is 2.94. The van der Waals surface area contributed by atoms with E-state index in [0.29, 0.717) is 37.3 Å². The molecule has 2 N–H and O–H groups in total. The molecule has 0 spiro atoms. The number of fused-ring (bicyclic) bond motifs is 1. The first-order valence-electron chi connectivity index (χ1n) is 7.53. The van der Waals surface area contributed by atoms with Crippen LogP contribution in [0.25, 0.3) is 0 Å². The minimum Gasteiger partial charge on any atom is -0.455 e. The molecule has 1 amide bonds. The number of amidine groups is 1. The highest BCUT2D eigenvalue weighted by molar-refractivity contribution is 7.90. The summed E-state index contributed by atoms with van der Waals surface area (Å²) in [5, 5.41) is 0. The van der Waals surface area contributed by atoms with Crippen LogP contribution in [0, 0.1) is 5.92 Å². The first kappa shape index (κ1) is 16.4. The van der Waals surface area contributed by atoms with E-state index in [1.165, 1.54) is 6.07 Å². The van der Waals surface area contributed by atoms with E-state index in [1.54, 1.807) is 23.1 Å². The zero-order valence-electron chi connectivity index (χ0n) is 12.8. The van der Waals surface area contributed by atoms with Gasteiger partial charge in [0.05, 0.1) is 5.92 Å². The summed E-state index contributed by atoms with van der Waals surface area (Å²) < 4.78 is 33.0. The highest BCUT2D eigenvalue weighted by Gasteiger charge is 2.35. The molecule has 0 saturated carbocycles. The minimum atomic E-state index is -3.69. The molecule has 1 atom stereocenters. The summed E-state index contributed by atoms with van der Waals surface area (Å²) in [4.78, 5) is 24.7. The van der Waals surface area contributed by atoms with Crippen molar-refractivity contribution in [1.82, 2.24) is 4.90 Å². The number of amides is 1. The lowest BCUT2D eigenvalue weighted by Crippen LogP contribution is -2.43. The van der Waals surface area contributed by atoms with E-state index in [-0.39, 0.29) is 4.90 Å². The predicted molar refractivity (Wildman–Crippen MR) is 84.6 cm³/mol. The molecule has 8 nitrogen and oxygen atoms in total. The lowest BCUT2D eigenvalue weighted by molar-refractivity contribution is -0.153. The molecule has 2 aliphatic heterocycles. The number of primary amides is 1. The number of likely N-dealkylation sites (tertiary alicyclic amines) is 1. The Morgan fingerprint density at radius 2 is 2.08 bits per heavy atom. The Labute approximate surface area is 139 Å². The summed E-state index contributed by atoms with van der Waals surface area (Å²) >= 11 is 0. The van der Waals surface area contributed by atoms with Gasteiger partial charge in [0, 0.05) is 18.7 Å². The molecule has 0 aliphatic carbocycles. The molecule has 1 aromatic rings. The predicted octanol–water partition coefficient (Wildman–Crippen LogP) is -0.124. The molecule has 2 aliphatic rings. The number of sulfonamides is 1. The summed E-state index contributed by atoms with van der Waals surface area (Å²) in [6.45, 7) is 0.441. The molecule has 24 heavy (non-hydrogen) atoms. The zero-order chi connectivity index (χ0) is 17.3. The van der Waals surface area contributed by atoms with Gasteiger partial charge in [-0.1, -0.05) is 12.1 Å². The number of nitrogens with two attached hydrogens (primary N) is 1. The summed E-state index contributed by atoms with van der Waals surface area (Å²) in [6.07, 6.45) is 1.30. The van der Waals surface area contributed by atoms with Crippen LogP contribution in [0.2, 0.25) is 0 Å². The van der Waals surface area contributed by atoms with Crippen LogP contribution in [-0.4, -0.2) is 50.7 Å². The van der Waals surface area contributed by atoms with Crippen LogP contribution in [-0.2, 0) is 24.3 Å². The average Bonchev–Trinajstić information content (AvgIpc) is 2.85. The number of nitrogens with zero attached hydrogens (tertiary/aromatic N) is 2. The van der Waals surface area contributed by atoms with Crippen LogP contribution < -0.4 is 5.73 Å². The topological polar surface area (TPSA) is 119 Å². The Kier molecular flexibility index (Phi) is 4.27. The maximum Gasteiger partial charge on any atom is 0.311 e. The second kappa shape index (κ2) is 6.23. The molecule has 0 aromatic heterocycles. The van der Waals surface area contributed by atoms with E-state index in [2.05, 4.69) is 4.40 Å². The molecule has 1 saturated heterocycles. The third-order valence-electron chi connectivity index (χ3n) is 4.02. The molecular formula is C15H17N3O5S. The maximum atomic E-state index is 12.1. The molecule has 1 fully saturated rings. The van der Waals surface area contributed by atoms with Gasteiger partial charge in [-0.3, -0.25) is 9.59 Å². The van der Waals surface area contributed by atoms with E-state index >= 15 is 0 Å². The van der Waals surface area contributed by atoms with Gasteiger partial charge >= 0.3 is 5.97 Å².